The van der Waals surface area contributed by atoms with Crippen LogP contribution in [-0.4, -0.2) is 16.9 Å². The van der Waals surface area contributed by atoms with Crippen LogP contribution in [0.4, 0.5) is 5.13 Å². The normalized spacial score (nSPS) is 23.2. The Labute approximate surface area is 118 Å². The van der Waals surface area contributed by atoms with E-state index in [1.54, 1.807) is 0 Å². The van der Waals surface area contributed by atoms with Gasteiger partial charge in [0.1, 0.15) is 0 Å². The quantitative estimate of drug-likeness (QED) is 0.899. The Morgan fingerprint density at radius 1 is 1.56 bits per heavy atom. The maximum absolute atomic E-state index is 11.8. The molecule has 0 spiro atoms. The number of carbonyl (C=O) groups is 1. The van der Waals surface area contributed by atoms with Gasteiger partial charge in [-0.05, 0) is 25.7 Å². The summed E-state index contributed by atoms with van der Waals surface area (Å²) in [6.45, 7) is 1.92. The van der Waals surface area contributed by atoms with Crippen LogP contribution in [0, 0.1) is 12.8 Å². The molecule has 1 heterocycles. The van der Waals surface area contributed by atoms with Crippen LogP contribution < -0.4 is 11.1 Å². The molecule has 4 nitrogen and oxygen atoms in total. The third kappa shape index (κ3) is 4.23. The average molecular weight is 290 g/mol. The lowest BCUT2D eigenvalue weighted by Crippen LogP contribution is -2.35. The molecular formula is C12H20ClN3OS. The van der Waals surface area contributed by atoms with Gasteiger partial charge < -0.3 is 11.1 Å². The third-order valence-electron chi connectivity index (χ3n) is 3.28. The van der Waals surface area contributed by atoms with Crippen molar-refractivity contribution in [2.24, 2.45) is 11.7 Å². The largest absolute Gasteiger partial charge is 0.327 e. The number of aromatic nitrogens is 1. The summed E-state index contributed by atoms with van der Waals surface area (Å²) in [5, 5.41) is 5.47. The number of rotatable bonds is 3. The lowest BCUT2D eigenvalue weighted by Gasteiger charge is -2.27. The summed E-state index contributed by atoms with van der Waals surface area (Å²) >= 11 is 1.47. The predicted molar refractivity (Wildman–Crippen MR) is 77.3 cm³/mol. The number of carbonyl (C=O) groups excluding carboxylic acids is 1. The zero-order valence-corrected chi connectivity index (χ0v) is 12.1. The Morgan fingerprint density at radius 2 is 2.28 bits per heavy atom. The van der Waals surface area contributed by atoms with E-state index in [-0.39, 0.29) is 24.4 Å². The highest BCUT2D eigenvalue weighted by atomic mass is 35.5. The first-order valence-corrected chi connectivity index (χ1v) is 7.00. The molecule has 0 saturated heterocycles. The molecule has 1 saturated carbocycles. The third-order valence-corrected chi connectivity index (χ3v) is 4.16. The number of aryl methyl sites for hydroxylation is 1. The molecule has 2 unspecified atom stereocenters. The molecule has 1 amide bonds. The zero-order chi connectivity index (χ0) is 12.3. The fourth-order valence-electron chi connectivity index (χ4n) is 2.31. The Bertz CT molecular complexity index is 396. The summed E-state index contributed by atoms with van der Waals surface area (Å²) in [5.74, 6) is 0.381. The van der Waals surface area contributed by atoms with Gasteiger partial charge in [0, 0.05) is 17.8 Å². The van der Waals surface area contributed by atoms with Crippen LogP contribution >= 0.6 is 23.7 Å². The van der Waals surface area contributed by atoms with Crippen molar-refractivity contribution in [3.05, 3.63) is 11.1 Å². The molecule has 0 bridgehead atoms. The average Bonchev–Trinajstić information content (AvgIpc) is 2.67. The van der Waals surface area contributed by atoms with E-state index in [0.29, 0.717) is 17.5 Å². The van der Waals surface area contributed by atoms with Gasteiger partial charge in [-0.2, -0.15) is 0 Å². The summed E-state index contributed by atoms with van der Waals surface area (Å²) in [6.07, 6.45) is 5.05. The number of hydrogen-bond donors (Lipinski definition) is 2. The molecule has 1 fully saturated rings. The Hall–Kier alpha value is -0.650. The van der Waals surface area contributed by atoms with Crippen molar-refractivity contribution in [3.63, 3.8) is 0 Å². The number of hydrogen-bond acceptors (Lipinski definition) is 4. The van der Waals surface area contributed by atoms with E-state index < -0.39 is 0 Å². The maximum atomic E-state index is 11.8. The van der Waals surface area contributed by atoms with Gasteiger partial charge in [-0.3, -0.25) is 4.79 Å². The molecule has 1 aliphatic rings. The van der Waals surface area contributed by atoms with Gasteiger partial charge in [0.05, 0.1) is 5.69 Å². The SMILES string of the molecule is Cc1csc(NC(=O)CC2CCCCC2N)n1.Cl. The lowest BCUT2D eigenvalue weighted by atomic mass is 9.83. The van der Waals surface area contributed by atoms with Crippen LogP contribution in [0.15, 0.2) is 5.38 Å². The molecule has 0 aromatic carbocycles. The number of nitrogens with two attached hydrogens (primary N) is 1. The first-order chi connectivity index (χ1) is 8.15. The first-order valence-electron chi connectivity index (χ1n) is 6.12. The molecular weight excluding hydrogens is 270 g/mol. The van der Waals surface area contributed by atoms with E-state index in [0.717, 1.165) is 18.5 Å². The van der Waals surface area contributed by atoms with Crippen molar-refractivity contribution >= 4 is 34.8 Å². The summed E-state index contributed by atoms with van der Waals surface area (Å²) in [6, 6.07) is 0.188. The topological polar surface area (TPSA) is 68.0 Å². The molecule has 6 heteroatoms. The lowest BCUT2D eigenvalue weighted by molar-refractivity contribution is -0.117. The van der Waals surface area contributed by atoms with Gasteiger partial charge in [-0.15, -0.1) is 23.7 Å². The molecule has 102 valence electrons. The van der Waals surface area contributed by atoms with E-state index in [1.807, 2.05) is 12.3 Å². The molecule has 3 N–H and O–H groups in total. The van der Waals surface area contributed by atoms with Crippen LogP contribution in [0.25, 0.3) is 0 Å². The van der Waals surface area contributed by atoms with Crippen molar-refractivity contribution in [1.29, 1.82) is 0 Å². The number of thiazole rings is 1. The second-order valence-electron chi connectivity index (χ2n) is 4.75. The van der Waals surface area contributed by atoms with Gasteiger partial charge in [-0.25, -0.2) is 4.98 Å². The molecule has 1 aromatic heterocycles. The van der Waals surface area contributed by atoms with Gasteiger partial charge in [0.2, 0.25) is 5.91 Å². The van der Waals surface area contributed by atoms with Crippen LogP contribution in [0.3, 0.4) is 0 Å². The minimum Gasteiger partial charge on any atom is -0.327 e. The van der Waals surface area contributed by atoms with Crippen molar-refractivity contribution < 1.29 is 4.79 Å². The molecule has 1 aliphatic carbocycles. The van der Waals surface area contributed by atoms with E-state index >= 15 is 0 Å². The van der Waals surface area contributed by atoms with Crippen LogP contribution in [0.2, 0.25) is 0 Å². The Morgan fingerprint density at radius 3 is 2.89 bits per heavy atom. The fraction of sp³-hybridized carbons (Fsp3) is 0.667. The van der Waals surface area contributed by atoms with E-state index in [1.165, 1.54) is 24.2 Å². The highest BCUT2D eigenvalue weighted by Crippen LogP contribution is 2.26. The zero-order valence-electron chi connectivity index (χ0n) is 10.5. The summed E-state index contributed by atoms with van der Waals surface area (Å²) in [7, 11) is 0. The van der Waals surface area contributed by atoms with Crippen molar-refractivity contribution in [3.8, 4) is 0 Å². The number of halogens is 1. The summed E-state index contributed by atoms with van der Waals surface area (Å²) < 4.78 is 0. The first kappa shape index (κ1) is 15.4. The van der Waals surface area contributed by atoms with Crippen molar-refractivity contribution in [1.82, 2.24) is 4.98 Å². The Balaban J connectivity index is 0.00000162. The number of anilines is 1. The van der Waals surface area contributed by atoms with Crippen LogP contribution in [-0.2, 0) is 4.79 Å². The molecule has 1 aromatic rings. The maximum Gasteiger partial charge on any atom is 0.226 e. The van der Waals surface area contributed by atoms with E-state index in [2.05, 4.69) is 10.3 Å². The van der Waals surface area contributed by atoms with Gasteiger partial charge in [0.15, 0.2) is 5.13 Å². The smallest absolute Gasteiger partial charge is 0.226 e. The second kappa shape index (κ2) is 7.07. The minimum absolute atomic E-state index is 0. The summed E-state index contributed by atoms with van der Waals surface area (Å²) in [4.78, 5) is 16.1. The molecule has 2 rings (SSSR count). The molecule has 2 atom stereocenters. The van der Waals surface area contributed by atoms with E-state index in [4.69, 9.17) is 5.73 Å². The predicted octanol–water partition coefficient (Wildman–Crippen LogP) is 2.72. The standard InChI is InChI=1S/C12H19N3OS.ClH/c1-8-7-17-12(14-8)15-11(16)6-9-4-2-3-5-10(9)13;/h7,9-10H,2-6,13H2,1H3,(H,14,15,16);1H. The monoisotopic (exact) mass is 289 g/mol. The highest BCUT2D eigenvalue weighted by molar-refractivity contribution is 7.13. The van der Waals surface area contributed by atoms with Gasteiger partial charge in [0.25, 0.3) is 0 Å². The minimum atomic E-state index is 0. The van der Waals surface area contributed by atoms with Crippen LogP contribution in [0.5, 0.6) is 0 Å². The molecule has 0 radical (unpaired) electrons. The van der Waals surface area contributed by atoms with Crippen molar-refractivity contribution in [2.45, 2.75) is 45.1 Å². The van der Waals surface area contributed by atoms with E-state index in [9.17, 15) is 4.79 Å². The number of nitrogens with one attached hydrogen (secondary N) is 1. The number of amides is 1. The number of nitrogens with zero attached hydrogens (tertiary/aromatic N) is 1. The Kier molecular flexibility index (Phi) is 6.05. The van der Waals surface area contributed by atoms with Crippen molar-refractivity contribution in [2.75, 3.05) is 5.32 Å². The molecule has 0 aliphatic heterocycles. The van der Waals surface area contributed by atoms with Crippen LogP contribution in [0.1, 0.15) is 37.8 Å². The van der Waals surface area contributed by atoms with Gasteiger partial charge in [-0.1, -0.05) is 12.8 Å². The fourth-order valence-corrected chi connectivity index (χ4v) is 3.01. The second-order valence-corrected chi connectivity index (χ2v) is 5.61. The molecule has 18 heavy (non-hydrogen) atoms. The highest BCUT2D eigenvalue weighted by Gasteiger charge is 2.24. The summed E-state index contributed by atoms with van der Waals surface area (Å²) in [5.41, 5.74) is 6.98. The van der Waals surface area contributed by atoms with Gasteiger partial charge >= 0.3 is 0 Å².